The minimum Gasteiger partial charge on any atom is -0.406 e. The van der Waals surface area contributed by atoms with E-state index in [1.165, 1.54) is 12.1 Å². The number of aromatic nitrogens is 2. The van der Waals surface area contributed by atoms with Gasteiger partial charge in [0.2, 0.25) is 0 Å². The Labute approximate surface area is 108 Å². The first-order chi connectivity index (χ1) is 8.99. The molecule has 0 spiro atoms. The van der Waals surface area contributed by atoms with Gasteiger partial charge in [-0.05, 0) is 36.8 Å². The highest BCUT2D eigenvalue weighted by Gasteiger charge is 2.30. The molecule has 0 aliphatic rings. The van der Waals surface area contributed by atoms with Crippen LogP contribution < -0.4 is 4.74 Å². The standard InChI is InChI=1S/C13H13F3N2O/c1-2-3-10-8-9-17-18(10)11-4-6-12(7-5-11)19-13(14,15)16/h4-9H,2-3H2,1H3. The molecular weight excluding hydrogens is 257 g/mol. The number of hydrogen-bond acceptors (Lipinski definition) is 2. The maximum atomic E-state index is 12.0. The molecular formula is C13H13F3N2O. The highest BCUT2D eigenvalue weighted by Crippen LogP contribution is 2.24. The molecule has 1 aromatic carbocycles. The quantitative estimate of drug-likeness (QED) is 0.846. The summed E-state index contributed by atoms with van der Waals surface area (Å²) in [7, 11) is 0. The molecule has 0 aliphatic carbocycles. The SMILES string of the molecule is CCCc1ccnn1-c1ccc(OC(F)(F)F)cc1. The van der Waals surface area contributed by atoms with E-state index < -0.39 is 6.36 Å². The lowest BCUT2D eigenvalue weighted by Gasteiger charge is -2.10. The van der Waals surface area contributed by atoms with Crippen molar-refractivity contribution >= 4 is 0 Å². The van der Waals surface area contributed by atoms with Crippen molar-refractivity contribution in [2.75, 3.05) is 0 Å². The van der Waals surface area contributed by atoms with Crippen molar-refractivity contribution in [3.05, 3.63) is 42.2 Å². The number of alkyl halides is 3. The van der Waals surface area contributed by atoms with E-state index in [1.807, 2.05) is 6.07 Å². The van der Waals surface area contributed by atoms with Gasteiger partial charge in [0.25, 0.3) is 0 Å². The maximum absolute atomic E-state index is 12.0. The van der Waals surface area contributed by atoms with E-state index in [1.54, 1.807) is 23.0 Å². The molecule has 0 N–H and O–H groups in total. The summed E-state index contributed by atoms with van der Waals surface area (Å²) in [6, 6.07) is 7.55. The summed E-state index contributed by atoms with van der Waals surface area (Å²) in [5, 5.41) is 4.16. The van der Waals surface area contributed by atoms with Crippen LogP contribution in [0.3, 0.4) is 0 Å². The fourth-order valence-corrected chi connectivity index (χ4v) is 1.80. The molecule has 2 aromatic rings. The van der Waals surface area contributed by atoms with Gasteiger partial charge in [-0.15, -0.1) is 13.2 Å². The lowest BCUT2D eigenvalue weighted by atomic mass is 10.2. The first-order valence-electron chi connectivity index (χ1n) is 5.88. The topological polar surface area (TPSA) is 27.1 Å². The third kappa shape index (κ3) is 3.49. The highest BCUT2D eigenvalue weighted by atomic mass is 19.4. The van der Waals surface area contributed by atoms with Gasteiger partial charge in [0.15, 0.2) is 0 Å². The summed E-state index contributed by atoms with van der Waals surface area (Å²) in [6.07, 6.45) is -1.16. The van der Waals surface area contributed by atoms with Crippen molar-refractivity contribution in [2.45, 2.75) is 26.1 Å². The Morgan fingerprint density at radius 1 is 1.16 bits per heavy atom. The molecule has 0 aliphatic heterocycles. The molecule has 0 amide bonds. The monoisotopic (exact) mass is 270 g/mol. The second-order valence-corrected chi connectivity index (χ2v) is 4.03. The molecule has 102 valence electrons. The van der Waals surface area contributed by atoms with Crippen LogP contribution in [0.5, 0.6) is 5.75 Å². The van der Waals surface area contributed by atoms with Crippen LogP contribution in [0.1, 0.15) is 19.0 Å². The molecule has 0 saturated carbocycles. The van der Waals surface area contributed by atoms with Gasteiger partial charge in [0.05, 0.1) is 5.69 Å². The molecule has 0 saturated heterocycles. The molecule has 3 nitrogen and oxygen atoms in total. The van der Waals surface area contributed by atoms with Gasteiger partial charge >= 0.3 is 6.36 Å². The van der Waals surface area contributed by atoms with Gasteiger partial charge < -0.3 is 4.74 Å². The number of nitrogens with zero attached hydrogens (tertiary/aromatic N) is 2. The second-order valence-electron chi connectivity index (χ2n) is 4.03. The summed E-state index contributed by atoms with van der Waals surface area (Å²) in [5.41, 5.74) is 1.73. The summed E-state index contributed by atoms with van der Waals surface area (Å²) in [4.78, 5) is 0. The minimum atomic E-state index is -4.67. The van der Waals surface area contributed by atoms with E-state index >= 15 is 0 Å². The molecule has 1 heterocycles. The Kier molecular flexibility index (Phi) is 3.78. The zero-order valence-electron chi connectivity index (χ0n) is 10.3. The van der Waals surface area contributed by atoms with Crippen molar-refractivity contribution in [3.8, 4) is 11.4 Å². The largest absolute Gasteiger partial charge is 0.573 e. The molecule has 6 heteroatoms. The van der Waals surface area contributed by atoms with Crippen LogP contribution in [0, 0.1) is 0 Å². The van der Waals surface area contributed by atoms with E-state index in [0.717, 1.165) is 18.5 Å². The normalized spacial score (nSPS) is 11.6. The number of hydrogen-bond donors (Lipinski definition) is 0. The second kappa shape index (κ2) is 5.34. The van der Waals surface area contributed by atoms with Crippen molar-refractivity contribution in [3.63, 3.8) is 0 Å². The maximum Gasteiger partial charge on any atom is 0.573 e. The molecule has 0 fully saturated rings. The lowest BCUT2D eigenvalue weighted by Crippen LogP contribution is -2.17. The van der Waals surface area contributed by atoms with Crippen molar-refractivity contribution in [1.82, 2.24) is 9.78 Å². The number of aryl methyl sites for hydroxylation is 1. The number of halogens is 3. The molecule has 1 aromatic heterocycles. The fraction of sp³-hybridized carbons (Fsp3) is 0.308. The van der Waals surface area contributed by atoms with E-state index in [2.05, 4.69) is 16.8 Å². The van der Waals surface area contributed by atoms with Gasteiger partial charge in [-0.25, -0.2) is 4.68 Å². The molecule has 19 heavy (non-hydrogen) atoms. The van der Waals surface area contributed by atoms with Crippen LogP contribution in [0.2, 0.25) is 0 Å². The molecule has 0 bridgehead atoms. The van der Waals surface area contributed by atoms with Crippen LogP contribution in [-0.4, -0.2) is 16.1 Å². The third-order valence-corrected chi connectivity index (χ3v) is 2.54. The van der Waals surface area contributed by atoms with Gasteiger partial charge in [0.1, 0.15) is 5.75 Å². The average molecular weight is 270 g/mol. The zero-order valence-corrected chi connectivity index (χ0v) is 10.3. The van der Waals surface area contributed by atoms with Crippen LogP contribution >= 0.6 is 0 Å². The third-order valence-electron chi connectivity index (χ3n) is 2.54. The molecule has 0 unspecified atom stereocenters. The number of benzene rings is 1. The Morgan fingerprint density at radius 2 is 1.84 bits per heavy atom. The van der Waals surface area contributed by atoms with E-state index in [4.69, 9.17) is 0 Å². The van der Waals surface area contributed by atoms with Gasteiger partial charge in [0, 0.05) is 11.9 Å². The lowest BCUT2D eigenvalue weighted by molar-refractivity contribution is -0.274. The molecule has 0 radical (unpaired) electrons. The summed E-state index contributed by atoms with van der Waals surface area (Å²) >= 11 is 0. The van der Waals surface area contributed by atoms with E-state index in [0.29, 0.717) is 5.69 Å². The Balaban J connectivity index is 2.20. The van der Waals surface area contributed by atoms with Crippen LogP contribution in [0.4, 0.5) is 13.2 Å². The van der Waals surface area contributed by atoms with Crippen molar-refractivity contribution in [2.24, 2.45) is 0 Å². The summed E-state index contributed by atoms with van der Waals surface area (Å²) in [6.45, 7) is 2.05. The Morgan fingerprint density at radius 3 is 2.42 bits per heavy atom. The first-order valence-corrected chi connectivity index (χ1v) is 5.88. The first kappa shape index (κ1) is 13.5. The molecule has 0 atom stereocenters. The highest BCUT2D eigenvalue weighted by molar-refractivity contribution is 5.38. The number of ether oxygens (including phenoxy) is 1. The van der Waals surface area contributed by atoms with E-state index in [9.17, 15) is 13.2 Å². The smallest absolute Gasteiger partial charge is 0.406 e. The van der Waals surface area contributed by atoms with Crippen molar-refractivity contribution < 1.29 is 17.9 Å². The van der Waals surface area contributed by atoms with E-state index in [-0.39, 0.29) is 5.75 Å². The fourth-order valence-electron chi connectivity index (χ4n) is 1.80. The Bertz CT molecular complexity index is 532. The van der Waals surface area contributed by atoms with Gasteiger partial charge in [-0.1, -0.05) is 13.3 Å². The minimum absolute atomic E-state index is 0.236. The summed E-state index contributed by atoms with van der Waals surface area (Å²) < 4.78 is 41.7. The predicted octanol–water partition coefficient (Wildman–Crippen LogP) is 3.72. The predicted molar refractivity (Wildman–Crippen MR) is 64.2 cm³/mol. The van der Waals surface area contributed by atoms with Gasteiger partial charge in [-0.3, -0.25) is 0 Å². The van der Waals surface area contributed by atoms with Crippen LogP contribution in [-0.2, 0) is 6.42 Å². The van der Waals surface area contributed by atoms with Crippen molar-refractivity contribution in [1.29, 1.82) is 0 Å². The zero-order chi connectivity index (χ0) is 13.9. The van der Waals surface area contributed by atoms with Crippen LogP contribution in [0.25, 0.3) is 5.69 Å². The van der Waals surface area contributed by atoms with Crippen LogP contribution in [0.15, 0.2) is 36.5 Å². The van der Waals surface area contributed by atoms with Gasteiger partial charge in [-0.2, -0.15) is 5.10 Å². The number of rotatable bonds is 4. The summed E-state index contributed by atoms with van der Waals surface area (Å²) in [5.74, 6) is -0.236. The molecule has 2 rings (SSSR count). The average Bonchev–Trinajstić information content (AvgIpc) is 2.77. The Hall–Kier alpha value is -1.98.